The van der Waals surface area contributed by atoms with Crippen LogP contribution in [-0.2, 0) is 30.8 Å². The lowest BCUT2D eigenvalue weighted by Crippen LogP contribution is -2.66. The van der Waals surface area contributed by atoms with Crippen molar-refractivity contribution in [3.05, 3.63) is 28.8 Å². The van der Waals surface area contributed by atoms with Gasteiger partial charge in [-0.1, -0.05) is 61.3 Å². The lowest BCUT2D eigenvalue weighted by atomic mass is 9.56. The van der Waals surface area contributed by atoms with Crippen LogP contribution < -0.4 is 0 Å². The van der Waals surface area contributed by atoms with Gasteiger partial charge in [0, 0.05) is 34.0 Å². The fourth-order valence-corrected chi connectivity index (χ4v) is 9.37. The summed E-state index contributed by atoms with van der Waals surface area (Å²) in [5.41, 5.74) is -0.377. The number of carbonyl (C=O) groups is 2. The lowest BCUT2D eigenvalue weighted by molar-refractivity contribution is -0.212. The molecule has 1 aromatic rings. The number of nitrogens with zero attached hydrogens (tertiary/aromatic N) is 2. The normalized spacial score (nSPS) is 22.9. The fraction of sp³-hybridized carbons (Fsp3) is 0.810. The predicted molar refractivity (Wildman–Crippen MR) is 201 cm³/mol. The zero-order valence-electron chi connectivity index (χ0n) is 34.4. The molecule has 49 heavy (non-hydrogen) atoms. The molecular formula is C42H72N2O5. The Labute approximate surface area is 299 Å². The van der Waals surface area contributed by atoms with Crippen LogP contribution in [-0.4, -0.2) is 68.2 Å². The number of unbranched alkanes of at least 4 members (excludes halogenated alkanes) is 1. The Morgan fingerprint density at radius 2 is 1.12 bits per heavy atom. The number of phenolic OH excluding ortho intramolecular Hbond substituents is 1. The zero-order chi connectivity index (χ0) is 37.9. The number of ether oxygens (including phenoxy) is 1. The summed E-state index contributed by atoms with van der Waals surface area (Å²) in [6, 6.07) is 4.21. The van der Waals surface area contributed by atoms with Gasteiger partial charge in [-0.2, -0.15) is 0 Å². The second-order valence-corrected chi connectivity index (χ2v) is 20.2. The molecule has 2 saturated heterocycles. The first-order valence-corrected chi connectivity index (χ1v) is 18.8. The van der Waals surface area contributed by atoms with Crippen molar-refractivity contribution >= 4 is 11.9 Å². The summed E-state index contributed by atoms with van der Waals surface area (Å²) in [6.45, 7) is 32.9. The Balaban J connectivity index is 2.59. The van der Waals surface area contributed by atoms with Crippen molar-refractivity contribution < 1.29 is 24.5 Å². The van der Waals surface area contributed by atoms with Crippen LogP contribution in [0.25, 0.3) is 0 Å². The highest BCUT2D eigenvalue weighted by Crippen LogP contribution is 2.59. The molecule has 0 bridgehead atoms. The number of hydrogen-bond acceptors (Lipinski definition) is 6. The first-order valence-electron chi connectivity index (χ1n) is 18.8. The Morgan fingerprint density at radius 1 is 0.776 bits per heavy atom. The minimum atomic E-state index is -1.25. The number of esters is 1. The number of rotatable bonds is 9. The van der Waals surface area contributed by atoms with Gasteiger partial charge in [-0.25, -0.2) is 0 Å². The number of carbonyl (C=O) groups excluding carboxylic acids is 1. The van der Waals surface area contributed by atoms with Crippen LogP contribution >= 0.6 is 0 Å². The zero-order valence-corrected chi connectivity index (χ0v) is 34.4. The summed E-state index contributed by atoms with van der Waals surface area (Å²) >= 11 is 0. The summed E-state index contributed by atoms with van der Waals surface area (Å²) in [5.74, 6) is -2.99. The molecule has 280 valence electrons. The van der Waals surface area contributed by atoms with Gasteiger partial charge in [0.2, 0.25) is 0 Å². The maximum absolute atomic E-state index is 14.7. The molecule has 1 atom stereocenters. The number of benzene rings is 1. The van der Waals surface area contributed by atoms with Gasteiger partial charge in [0.05, 0.1) is 0 Å². The van der Waals surface area contributed by atoms with E-state index in [2.05, 4.69) is 133 Å². The van der Waals surface area contributed by atoms with E-state index >= 15 is 0 Å². The van der Waals surface area contributed by atoms with Crippen molar-refractivity contribution in [2.75, 3.05) is 14.1 Å². The van der Waals surface area contributed by atoms with Crippen molar-refractivity contribution in [1.82, 2.24) is 9.80 Å². The number of hydrogen-bond donors (Lipinski definition) is 2. The molecule has 7 nitrogen and oxygen atoms in total. The summed E-state index contributed by atoms with van der Waals surface area (Å²) in [6.07, 6.45) is 4.70. The SMILES string of the molecule is CCCCC(C(=O)O)C(=O)OC(c1cc(C(C)(C)C)c(O)c(C(C)(C)C)c1)(C1CC(C)(C)N(C)C(C)(C)C1)C1CC(C)(C)N(C)C(C)(C)C1. The minimum absolute atomic E-state index is 0.122. The van der Waals surface area contributed by atoms with E-state index < -0.39 is 34.3 Å². The second kappa shape index (κ2) is 13.5. The molecule has 0 spiro atoms. The van der Waals surface area contributed by atoms with Crippen LogP contribution in [0, 0.1) is 17.8 Å². The topological polar surface area (TPSA) is 90.3 Å². The van der Waals surface area contributed by atoms with E-state index in [0.29, 0.717) is 6.42 Å². The first-order chi connectivity index (χ1) is 22.0. The number of likely N-dealkylation sites (tertiary alicyclic amines) is 2. The molecule has 2 heterocycles. The van der Waals surface area contributed by atoms with E-state index in [-0.39, 0.29) is 46.2 Å². The molecule has 2 aliphatic rings. The molecular weight excluding hydrogens is 612 g/mol. The Hall–Kier alpha value is -2.12. The van der Waals surface area contributed by atoms with E-state index in [4.69, 9.17) is 4.74 Å². The van der Waals surface area contributed by atoms with E-state index in [9.17, 15) is 19.8 Å². The number of carboxylic acid groups (broad SMARTS) is 1. The third-order valence-electron chi connectivity index (χ3n) is 12.7. The van der Waals surface area contributed by atoms with Crippen molar-refractivity contribution in [3.63, 3.8) is 0 Å². The first kappa shape index (κ1) is 41.3. The monoisotopic (exact) mass is 685 g/mol. The van der Waals surface area contributed by atoms with Crippen LogP contribution in [0.4, 0.5) is 0 Å². The molecule has 2 fully saturated rings. The van der Waals surface area contributed by atoms with Crippen LogP contribution in [0.3, 0.4) is 0 Å². The Morgan fingerprint density at radius 3 is 1.41 bits per heavy atom. The van der Waals surface area contributed by atoms with Gasteiger partial charge in [0.1, 0.15) is 11.4 Å². The second-order valence-electron chi connectivity index (χ2n) is 20.2. The predicted octanol–water partition coefficient (Wildman–Crippen LogP) is 9.41. The minimum Gasteiger partial charge on any atom is -0.507 e. The van der Waals surface area contributed by atoms with Crippen LogP contribution in [0.5, 0.6) is 5.75 Å². The largest absolute Gasteiger partial charge is 0.507 e. The van der Waals surface area contributed by atoms with E-state index in [0.717, 1.165) is 48.8 Å². The van der Waals surface area contributed by atoms with Crippen molar-refractivity contribution in [3.8, 4) is 5.75 Å². The van der Waals surface area contributed by atoms with Crippen LogP contribution in [0.15, 0.2) is 12.1 Å². The highest BCUT2D eigenvalue weighted by Gasteiger charge is 2.61. The molecule has 7 heteroatoms. The Bertz CT molecular complexity index is 1260. The Kier molecular flexibility index (Phi) is 11.3. The molecule has 2 aliphatic heterocycles. The smallest absolute Gasteiger partial charge is 0.321 e. The van der Waals surface area contributed by atoms with Gasteiger partial charge < -0.3 is 14.9 Å². The number of phenols is 1. The molecule has 0 aliphatic carbocycles. The lowest BCUT2D eigenvalue weighted by Gasteiger charge is -2.62. The number of carboxylic acids is 1. The molecule has 0 radical (unpaired) electrons. The van der Waals surface area contributed by atoms with Gasteiger partial charge >= 0.3 is 11.9 Å². The molecule has 0 saturated carbocycles. The average molecular weight is 685 g/mol. The molecule has 1 unspecified atom stereocenters. The van der Waals surface area contributed by atoms with Gasteiger partial charge in [-0.05, 0) is 141 Å². The standard InChI is InChI=1S/C42H72N2O5/c1-18-19-20-30(34(46)47)35(48)49-42(28-23-38(8,9)43(16)39(10,11)24-28,29-25-40(12,13)44(17)41(14,15)26-29)27-21-31(36(2,3)4)33(45)32(22-27)37(5,6)7/h21-22,28-30,45H,18-20,23-26H2,1-17H3,(H,46,47). The molecule has 3 rings (SSSR count). The maximum Gasteiger partial charge on any atom is 0.321 e. The van der Waals surface area contributed by atoms with Gasteiger partial charge in [-0.15, -0.1) is 0 Å². The highest BCUT2D eigenvalue weighted by atomic mass is 16.6. The van der Waals surface area contributed by atoms with E-state index in [1.807, 2.05) is 6.92 Å². The van der Waals surface area contributed by atoms with Crippen molar-refractivity contribution in [2.24, 2.45) is 17.8 Å². The summed E-state index contributed by atoms with van der Waals surface area (Å²) in [5, 5.41) is 22.4. The third kappa shape index (κ3) is 8.03. The van der Waals surface area contributed by atoms with Gasteiger partial charge in [0.25, 0.3) is 0 Å². The highest BCUT2D eigenvalue weighted by molar-refractivity contribution is 5.94. The maximum atomic E-state index is 14.7. The summed E-state index contributed by atoms with van der Waals surface area (Å²) < 4.78 is 7.20. The fourth-order valence-electron chi connectivity index (χ4n) is 9.37. The molecule has 1 aromatic carbocycles. The number of aliphatic carboxylic acids is 1. The molecule has 0 amide bonds. The van der Waals surface area contributed by atoms with Crippen molar-refractivity contribution in [2.45, 2.75) is 187 Å². The van der Waals surface area contributed by atoms with Crippen molar-refractivity contribution in [1.29, 1.82) is 0 Å². The van der Waals surface area contributed by atoms with E-state index in [1.165, 1.54) is 0 Å². The van der Waals surface area contributed by atoms with E-state index in [1.54, 1.807) is 0 Å². The number of piperidine rings is 2. The average Bonchev–Trinajstić information content (AvgIpc) is 2.91. The molecule has 0 aromatic heterocycles. The third-order valence-corrected chi connectivity index (χ3v) is 12.7. The number of aromatic hydroxyl groups is 1. The van der Waals surface area contributed by atoms with Gasteiger partial charge in [-0.3, -0.25) is 19.4 Å². The molecule has 2 N–H and O–H groups in total. The summed E-state index contributed by atoms with van der Waals surface area (Å²) in [7, 11) is 4.37. The van der Waals surface area contributed by atoms with Crippen LogP contribution in [0.2, 0.25) is 0 Å². The quantitative estimate of drug-likeness (QED) is 0.198. The van der Waals surface area contributed by atoms with Gasteiger partial charge in [0.15, 0.2) is 5.92 Å². The van der Waals surface area contributed by atoms with Crippen LogP contribution in [0.1, 0.15) is 165 Å². The summed E-state index contributed by atoms with van der Waals surface area (Å²) in [4.78, 5) is 32.4.